The van der Waals surface area contributed by atoms with Crippen LogP contribution in [-0.4, -0.2) is 15.2 Å². The first-order valence-electron chi connectivity index (χ1n) is 6.71. The maximum absolute atomic E-state index is 14.5. The molecule has 0 radical (unpaired) electrons. The fraction of sp³-hybridized carbons (Fsp3) is 0.0667. The van der Waals surface area contributed by atoms with E-state index in [2.05, 4.69) is 15.2 Å². The number of rotatable bonds is 1. The summed E-state index contributed by atoms with van der Waals surface area (Å²) in [6.07, 6.45) is 0. The summed E-state index contributed by atoms with van der Waals surface area (Å²) in [6.45, 7) is 1.69. The zero-order chi connectivity index (χ0) is 16.3. The highest BCUT2D eigenvalue weighted by Crippen LogP contribution is 2.38. The van der Waals surface area contributed by atoms with E-state index >= 15 is 0 Å². The number of aromatic nitrogens is 3. The zero-order valence-corrected chi connectivity index (χ0v) is 12.6. The molecule has 0 saturated heterocycles. The van der Waals surface area contributed by atoms with E-state index in [0.29, 0.717) is 32.7 Å². The largest absolute Gasteiger partial charge is 0.391 e. The maximum Gasteiger partial charge on any atom is 0.217 e. The molecule has 116 valence electrons. The molecule has 3 heterocycles. The van der Waals surface area contributed by atoms with Crippen LogP contribution in [0.1, 0.15) is 5.69 Å². The lowest BCUT2D eigenvalue weighted by atomic mass is 10.0. The van der Waals surface area contributed by atoms with E-state index in [-0.39, 0.29) is 16.5 Å². The number of aryl methyl sites for hydroxylation is 1. The van der Waals surface area contributed by atoms with Crippen molar-refractivity contribution in [3.63, 3.8) is 0 Å². The van der Waals surface area contributed by atoms with Crippen molar-refractivity contribution >= 4 is 38.1 Å². The predicted molar refractivity (Wildman–Crippen MR) is 86.6 cm³/mol. The Labute approximate surface area is 131 Å². The number of hydrogen-bond acceptors (Lipinski definition) is 4. The lowest BCUT2D eigenvalue weighted by molar-refractivity contribution is 0.609. The molecule has 1 aromatic carbocycles. The fourth-order valence-electron chi connectivity index (χ4n) is 2.74. The van der Waals surface area contributed by atoms with E-state index in [1.807, 2.05) is 0 Å². The van der Waals surface area contributed by atoms with Gasteiger partial charge in [-0.3, -0.25) is 9.89 Å². The number of nitrogens with two attached hydrogens (primary N) is 1. The van der Waals surface area contributed by atoms with Crippen molar-refractivity contribution in [2.45, 2.75) is 6.92 Å². The number of pyridine rings is 1. The number of nitrogens with one attached hydrogen (secondary N) is 2. The molecule has 4 aromatic rings. The summed E-state index contributed by atoms with van der Waals surface area (Å²) in [5.74, 6) is -1.79. The van der Waals surface area contributed by atoms with Crippen LogP contribution in [0.15, 0.2) is 23.0 Å². The molecule has 0 aliphatic rings. The molecule has 8 heteroatoms. The molecule has 0 aliphatic carbocycles. The summed E-state index contributed by atoms with van der Waals surface area (Å²) in [7, 11) is 0. The summed E-state index contributed by atoms with van der Waals surface area (Å²) in [6, 6.07) is 4.01. The first-order valence-corrected chi connectivity index (χ1v) is 7.53. The zero-order valence-electron chi connectivity index (χ0n) is 11.8. The van der Waals surface area contributed by atoms with Gasteiger partial charge in [-0.15, -0.1) is 11.3 Å². The molecule has 0 fully saturated rings. The van der Waals surface area contributed by atoms with Crippen LogP contribution >= 0.6 is 11.3 Å². The molecule has 5 nitrogen and oxygen atoms in total. The summed E-state index contributed by atoms with van der Waals surface area (Å²) in [4.78, 5) is 16.7. The molecule has 0 aliphatic heterocycles. The third-order valence-corrected chi connectivity index (χ3v) is 4.65. The minimum atomic E-state index is -0.990. The van der Waals surface area contributed by atoms with E-state index in [9.17, 15) is 13.6 Å². The van der Waals surface area contributed by atoms with Crippen molar-refractivity contribution in [1.29, 1.82) is 0 Å². The van der Waals surface area contributed by atoms with Gasteiger partial charge in [0.15, 0.2) is 11.5 Å². The molecule has 0 bridgehead atoms. The summed E-state index contributed by atoms with van der Waals surface area (Å²) >= 11 is 1.21. The van der Waals surface area contributed by atoms with Gasteiger partial charge in [0.2, 0.25) is 5.43 Å². The van der Waals surface area contributed by atoms with E-state index in [1.54, 1.807) is 19.1 Å². The van der Waals surface area contributed by atoms with Crippen LogP contribution < -0.4 is 11.2 Å². The first-order chi connectivity index (χ1) is 11.0. The Kier molecular flexibility index (Phi) is 2.79. The quantitative estimate of drug-likeness (QED) is 0.500. The van der Waals surface area contributed by atoms with E-state index in [4.69, 9.17) is 5.73 Å². The molecule has 0 spiro atoms. The molecule has 0 amide bonds. The van der Waals surface area contributed by atoms with Gasteiger partial charge in [-0.05, 0) is 19.1 Å². The van der Waals surface area contributed by atoms with Gasteiger partial charge in [0, 0.05) is 22.5 Å². The van der Waals surface area contributed by atoms with Crippen molar-refractivity contribution in [3.05, 3.63) is 45.8 Å². The number of thiophene rings is 1. The molecule has 0 saturated carbocycles. The van der Waals surface area contributed by atoms with E-state index in [1.165, 1.54) is 11.3 Å². The van der Waals surface area contributed by atoms with Gasteiger partial charge in [0.1, 0.15) is 5.82 Å². The number of nitrogens with zero attached hydrogens (tertiary/aromatic N) is 1. The second kappa shape index (κ2) is 4.63. The number of anilines is 1. The normalized spacial score (nSPS) is 11.6. The van der Waals surface area contributed by atoms with Crippen molar-refractivity contribution in [2.24, 2.45) is 0 Å². The van der Waals surface area contributed by atoms with Crippen LogP contribution in [0.5, 0.6) is 0 Å². The minimum Gasteiger partial charge on any atom is -0.391 e. The molecule has 4 rings (SSSR count). The van der Waals surface area contributed by atoms with Crippen molar-refractivity contribution < 1.29 is 8.78 Å². The number of aromatic amines is 2. The number of nitrogen functional groups attached to an aromatic ring is 1. The summed E-state index contributed by atoms with van der Waals surface area (Å²) in [5, 5.41) is 6.43. The highest BCUT2D eigenvalue weighted by molar-refractivity contribution is 7.19. The second-order valence-electron chi connectivity index (χ2n) is 5.18. The maximum atomic E-state index is 14.5. The monoisotopic (exact) mass is 332 g/mol. The van der Waals surface area contributed by atoms with E-state index in [0.717, 1.165) is 0 Å². The average Bonchev–Trinajstić information content (AvgIpc) is 3.10. The van der Waals surface area contributed by atoms with Crippen LogP contribution in [0.3, 0.4) is 0 Å². The SMILES string of the molecule is Cc1[nH][nH]c2nc(-c3ccc(N)s3)c3c(F)cc(=O)c(F)c3c12. The molecule has 23 heavy (non-hydrogen) atoms. The summed E-state index contributed by atoms with van der Waals surface area (Å²) < 4.78 is 29.0. The number of benzene rings is 1. The fourth-order valence-corrected chi connectivity index (χ4v) is 3.51. The molecule has 0 atom stereocenters. The lowest BCUT2D eigenvalue weighted by Crippen LogP contribution is -2.08. The van der Waals surface area contributed by atoms with Gasteiger partial charge < -0.3 is 10.8 Å². The molecule has 3 aromatic heterocycles. The van der Waals surface area contributed by atoms with Gasteiger partial charge in [0.05, 0.1) is 21.0 Å². The Morgan fingerprint density at radius 3 is 2.65 bits per heavy atom. The van der Waals surface area contributed by atoms with Crippen LogP contribution in [0.4, 0.5) is 13.8 Å². The topological polar surface area (TPSA) is 87.6 Å². The van der Waals surface area contributed by atoms with Crippen LogP contribution in [0, 0.1) is 18.6 Å². The van der Waals surface area contributed by atoms with Gasteiger partial charge in [0.25, 0.3) is 0 Å². The van der Waals surface area contributed by atoms with Crippen LogP contribution in [-0.2, 0) is 0 Å². The Morgan fingerprint density at radius 1 is 1.17 bits per heavy atom. The molecule has 4 N–H and O–H groups in total. The average molecular weight is 332 g/mol. The lowest BCUT2D eigenvalue weighted by Gasteiger charge is -2.08. The summed E-state index contributed by atoms with van der Waals surface area (Å²) in [5.41, 5.74) is 5.91. The van der Waals surface area contributed by atoms with Crippen molar-refractivity contribution in [3.8, 4) is 10.6 Å². The van der Waals surface area contributed by atoms with Gasteiger partial charge >= 0.3 is 0 Å². The second-order valence-corrected chi connectivity index (χ2v) is 6.30. The Balaban J connectivity index is 2.31. The Morgan fingerprint density at radius 2 is 1.96 bits per heavy atom. The first kappa shape index (κ1) is 13.9. The molecular weight excluding hydrogens is 322 g/mol. The van der Waals surface area contributed by atoms with E-state index < -0.39 is 17.1 Å². The number of halogens is 2. The third-order valence-electron chi connectivity index (χ3n) is 3.73. The predicted octanol–water partition coefficient (Wildman–Crippen LogP) is 3.30. The third kappa shape index (κ3) is 1.88. The highest BCUT2D eigenvalue weighted by Gasteiger charge is 2.22. The highest BCUT2D eigenvalue weighted by atomic mass is 32.1. The minimum absolute atomic E-state index is 0.0208. The Bertz CT molecular complexity index is 1140. The number of hydrogen-bond donors (Lipinski definition) is 3. The number of fused-ring (bicyclic) bond motifs is 3. The number of H-pyrrole nitrogens is 2. The molecule has 0 unspecified atom stereocenters. The van der Waals surface area contributed by atoms with Crippen LogP contribution in [0.25, 0.3) is 32.4 Å². The van der Waals surface area contributed by atoms with Crippen molar-refractivity contribution in [1.82, 2.24) is 15.2 Å². The standard InChI is InChI=1S/C15H10F2N4OS/c1-5-10-12-11(6(16)4-7(22)13(12)17)14(19-15(10)21-20-5)8-2-3-9(18)23-8/h2-4H,18H2,1H3,(H2,19,20,21). The Hall–Kier alpha value is -2.74. The smallest absolute Gasteiger partial charge is 0.217 e. The van der Waals surface area contributed by atoms with Gasteiger partial charge in [-0.25, -0.2) is 13.8 Å². The van der Waals surface area contributed by atoms with Gasteiger partial charge in [-0.2, -0.15) is 0 Å². The van der Waals surface area contributed by atoms with Crippen molar-refractivity contribution in [2.75, 3.05) is 5.73 Å². The van der Waals surface area contributed by atoms with Crippen LogP contribution in [0.2, 0.25) is 0 Å². The van der Waals surface area contributed by atoms with Gasteiger partial charge in [-0.1, -0.05) is 0 Å². The molecular formula is C15H10F2N4OS.